The average molecular weight is 432 g/mol. The molecule has 0 fully saturated rings. The summed E-state index contributed by atoms with van der Waals surface area (Å²) >= 11 is 2.19. The first-order valence-electron chi connectivity index (χ1n) is 7.84. The van der Waals surface area contributed by atoms with Gasteiger partial charge in [0.15, 0.2) is 9.59 Å². The van der Waals surface area contributed by atoms with Crippen LogP contribution in [0.1, 0.15) is 17.0 Å². The summed E-state index contributed by atoms with van der Waals surface area (Å²) in [5, 5.41) is 0. The zero-order chi connectivity index (χ0) is 16.5. The van der Waals surface area contributed by atoms with Crippen LogP contribution in [0.15, 0.2) is 47.0 Å². The van der Waals surface area contributed by atoms with Crippen molar-refractivity contribution >= 4 is 28.3 Å². The summed E-state index contributed by atoms with van der Waals surface area (Å²) in [5.41, 5.74) is 9.83. The highest BCUT2D eigenvalue weighted by molar-refractivity contribution is 14.1. The molecule has 5 nitrogen and oxygen atoms in total. The predicted octanol–water partition coefficient (Wildman–Crippen LogP) is 3.48. The number of hydrogen-bond donors (Lipinski definition) is 1. The molecule has 1 aliphatic heterocycles. The highest BCUT2D eigenvalue weighted by Gasteiger charge is 2.19. The van der Waals surface area contributed by atoms with E-state index in [1.54, 1.807) is 0 Å². The predicted molar refractivity (Wildman–Crippen MR) is 101 cm³/mol. The minimum absolute atomic E-state index is 0.750. The second kappa shape index (κ2) is 6.52. The number of halogens is 1. The van der Waals surface area contributed by atoms with Crippen molar-refractivity contribution in [1.82, 2.24) is 14.9 Å². The molecule has 0 bridgehead atoms. The molecule has 0 saturated heterocycles. The highest BCUT2D eigenvalue weighted by Crippen LogP contribution is 2.23. The minimum atomic E-state index is 0.750. The summed E-state index contributed by atoms with van der Waals surface area (Å²) < 4.78 is 6.59. The molecule has 2 N–H and O–H groups in total. The molecule has 0 spiro atoms. The van der Waals surface area contributed by atoms with Crippen molar-refractivity contribution in [3.63, 3.8) is 0 Å². The van der Waals surface area contributed by atoms with E-state index < -0.39 is 0 Å². The Kier molecular flexibility index (Phi) is 4.24. The van der Waals surface area contributed by atoms with E-state index in [1.807, 2.05) is 42.6 Å². The van der Waals surface area contributed by atoms with Gasteiger partial charge in [-0.2, -0.15) is 0 Å². The van der Waals surface area contributed by atoms with Crippen molar-refractivity contribution < 1.29 is 4.42 Å². The van der Waals surface area contributed by atoms with Crippen LogP contribution in [-0.2, 0) is 19.5 Å². The molecule has 3 heterocycles. The molecule has 1 aromatic carbocycles. The van der Waals surface area contributed by atoms with Crippen LogP contribution in [0.2, 0.25) is 0 Å². The molecule has 2 aromatic heterocycles. The van der Waals surface area contributed by atoms with Gasteiger partial charge in [-0.25, -0.2) is 9.97 Å². The SMILES string of the molecule is Nc1ccc(-c2ncc3c(n2)CCN(Cc2ccc(I)o2)C3)cc1. The van der Waals surface area contributed by atoms with Gasteiger partial charge >= 0.3 is 0 Å². The maximum absolute atomic E-state index is 5.74. The van der Waals surface area contributed by atoms with Gasteiger partial charge < -0.3 is 10.2 Å². The number of fused-ring (bicyclic) bond motifs is 1. The Balaban J connectivity index is 1.52. The molecular formula is C18H17IN4O. The van der Waals surface area contributed by atoms with E-state index in [0.29, 0.717) is 0 Å². The molecule has 0 atom stereocenters. The molecule has 0 radical (unpaired) electrons. The van der Waals surface area contributed by atoms with Crippen molar-refractivity contribution in [3.8, 4) is 11.4 Å². The molecule has 1 aliphatic rings. The van der Waals surface area contributed by atoms with Gasteiger partial charge in [0.2, 0.25) is 0 Å². The molecule has 6 heteroatoms. The third-order valence-electron chi connectivity index (χ3n) is 4.19. The number of nitrogens with two attached hydrogens (primary N) is 1. The lowest BCUT2D eigenvalue weighted by Crippen LogP contribution is -2.30. The molecule has 0 unspecified atom stereocenters. The summed E-state index contributed by atoms with van der Waals surface area (Å²) in [6, 6.07) is 11.7. The fraction of sp³-hybridized carbons (Fsp3) is 0.222. The van der Waals surface area contributed by atoms with Crippen molar-refractivity contribution in [2.24, 2.45) is 0 Å². The van der Waals surface area contributed by atoms with Gasteiger partial charge in [-0.05, 0) is 59.0 Å². The lowest BCUT2D eigenvalue weighted by Gasteiger charge is -2.27. The van der Waals surface area contributed by atoms with Crippen molar-refractivity contribution in [3.05, 3.63) is 63.4 Å². The Morgan fingerprint density at radius 1 is 1.17 bits per heavy atom. The monoisotopic (exact) mass is 432 g/mol. The summed E-state index contributed by atoms with van der Waals surface area (Å²) in [6.45, 7) is 2.65. The Morgan fingerprint density at radius 2 is 2.00 bits per heavy atom. The third kappa shape index (κ3) is 3.29. The van der Waals surface area contributed by atoms with Crippen molar-refractivity contribution in [2.45, 2.75) is 19.5 Å². The topological polar surface area (TPSA) is 68.2 Å². The van der Waals surface area contributed by atoms with E-state index in [1.165, 1.54) is 5.56 Å². The lowest BCUT2D eigenvalue weighted by molar-refractivity contribution is 0.222. The summed E-state index contributed by atoms with van der Waals surface area (Å²) in [5.74, 6) is 1.77. The fourth-order valence-corrected chi connectivity index (χ4v) is 3.40. The second-order valence-corrected chi connectivity index (χ2v) is 7.02. The highest BCUT2D eigenvalue weighted by atomic mass is 127. The van der Waals surface area contributed by atoms with E-state index in [9.17, 15) is 0 Å². The van der Waals surface area contributed by atoms with Crippen LogP contribution in [0.4, 0.5) is 5.69 Å². The van der Waals surface area contributed by atoms with Gasteiger partial charge in [0, 0.05) is 42.5 Å². The lowest BCUT2D eigenvalue weighted by atomic mass is 10.1. The largest absolute Gasteiger partial charge is 0.454 e. The minimum Gasteiger partial charge on any atom is -0.454 e. The van der Waals surface area contributed by atoms with E-state index >= 15 is 0 Å². The molecule has 122 valence electrons. The van der Waals surface area contributed by atoms with Crippen LogP contribution >= 0.6 is 22.6 Å². The van der Waals surface area contributed by atoms with Gasteiger partial charge in [0.25, 0.3) is 0 Å². The summed E-state index contributed by atoms with van der Waals surface area (Å²) in [7, 11) is 0. The maximum atomic E-state index is 5.74. The molecule has 0 aliphatic carbocycles. The van der Waals surface area contributed by atoms with Crippen LogP contribution < -0.4 is 5.73 Å². The first-order valence-corrected chi connectivity index (χ1v) is 8.92. The van der Waals surface area contributed by atoms with Gasteiger partial charge in [0.1, 0.15) is 5.76 Å². The average Bonchev–Trinajstić information content (AvgIpc) is 3.00. The number of nitrogens with zero attached hydrogens (tertiary/aromatic N) is 3. The zero-order valence-electron chi connectivity index (χ0n) is 13.1. The number of anilines is 1. The Bertz CT molecular complexity index is 860. The smallest absolute Gasteiger partial charge is 0.164 e. The standard InChI is InChI=1S/C18H17IN4O/c19-17-6-5-15(24-17)11-23-8-7-16-13(10-23)9-21-18(22-16)12-1-3-14(20)4-2-12/h1-6,9H,7-8,10-11,20H2. The van der Waals surface area contributed by atoms with E-state index in [4.69, 9.17) is 15.1 Å². The molecule has 0 amide bonds. The van der Waals surface area contributed by atoms with Gasteiger partial charge in [-0.15, -0.1) is 0 Å². The van der Waals surface area contributed by atoms with Gasteiger partial charge in [-0.3, -0.25) is 4.90 Å². The number of aromatic nitrogens is 2. The maximum Gasteiger partial charge on any atom is 0.164 e. The number of furan rings is 1. The fourth-order valence-electron chi connectivity index (χ4n) is 2.94. The normalized spacial score (nSPS) is 14.5. The van der Waals surface area contributed by atoms with E-state index in [0.717, 1.165) is 58.4 Å². The molecule has 24 heavy (non-hydrogen) atoms. The number of nitrogen functional groups attached to an aromatic ring is 1. The van der Waals surface area contributed by atoms with Crippen LogP contribution in [0.5, 0.6) is 0 Å². The number of benzene rings is 1. The Morgan fingerprint density at radius 3 is 2.75 bits per heavy atom. The van der Waals surface area contributed by atoms with Gasteiger partial charge in [0.05, 0.1) is 12.2 Å². The molecule has 0 saturated carbocycles. The Hall–Kier alpha value is -1.93. The van der Waals surface area contributed by atoms with Crippen LogP contribution in [0.3, 0.4) is 0 Å². The van der Waals surface area contributed by atoms with Crippen LogP contribution in [0.25, 0.3) is 11.4 Å². The Labute approximate surface area is 154 Å². The van der Waals surface area contributed by atoms with Crippen LogP contribution in [-0.4, -0.2) is 21.4 Å². The third-order valence-corrected chi connectivity index (χ3v) is 4.77. The van der Waals surface area contributed by atoms with Crippen LogP contribution in [0, 0.1) is 3.77 Å². The molecular weight excluding hydrogens is 415 g/mol. The zero-order valence-corrected chi connectivity index (χ0v) is 15.2. The van der Waals surface area contributed by atoms with Crippen molar-refractivity contribution in [1.29, 1.82) is 0 Å². The molecule has 3 aromatic rings. The van der Waals surface area contributed by atoms with E-state index in [2.05, 4.69) is 32.5 Å². The van der Waals surface area contributed by atoms with Gasteiger partial charge in [-0.1, -0.05) is 0 Å². The second-order valence-electron chi connectivity index (χ2n) is 5.95. The number of rotatable bonds is 3. The first-order chi connectivity index (χ1) is 11.7. The number of hydrogen-bond acceptors (Lipinski definition) is 5. The van der Waals surface area contributed by atoms with E-state index in [-0.39, 0.29) is 0 Å². The summed E-state index contributed by atoms with van der Waals surface area (Å²) in [4.78, 5) is 11.7. The summed E-state index contributed by atoms with van der Waals surface area (Å²) in [6.07, 6.45) is 2.88. The molecule has 4 rings (SSSR count). The first kappa shape index (κ1) is 15.6. The quantitative estimate of drug-likeness (QED) is 0.507. The van der Waals surface area contributed by atoms with Crippen molar-refractivity contribution in [2.75, 3.05) is 12.3 Å².